The fourth-order valence-electron chi connectivity index (χ4n) is 2.74. The zero-order valence-electron chi connectivity index (χ0n) is 11.0. The van der Waals surface area contributed by atoms with Crippen LogP contribution in [0.25, 0.3) is 0 Å². The number of rotatable bonds is 3. The highest BCUT2D eigenvalue weighted by Crippen LogP contribution is 2.28. The summed E-state index contributed by atoms with van der Waals surface area (Å²) in [5, 5.41) is 9.19. The number of aliphatic hydroxyl groups is 1. The Balaban J connectivity index is 2.11. The lowest BCUT2D eigenvalue weighted by atomic mass is 10.1. The first kappa shape index (κ1) is 13.9. The maximum absolute atomic E-state index is 9.19. The zero-order valence-corrected chi connectivity index (χ0v) is 12.6. The zero-order chi connectivity index (χ0) is 13.0. The third kappa shape index (κ3) is 3.27. The first-order valence-corrected chi connectivity index (χ1v) is 7.64. The molecule has 1 aromatic rings. The van der Waals surface area contributed by atoms with Gasteiger partial charge in [-0.05, 0) is 30.5 Å². The highest BCUT2D eigenvalue weighted by Gasteiger charge is 2.17. The molecule has 18 heavy (non-hydrogen) atoms. The minimum atomic E-state index is 0.0913. The minimum Gasteiger partial charge on any atom is -0.392 e. The number of hydrogen-bond donors (Lipinski definition) is 1. The normalized spacial score (nSPS) is 17.5. The van der Waals surface area contributed by atoms with Crippen molar-refractivity contribution in [1.29, 1.82) is 0 Å². The van der Waals surface area contributed by atoms with Gasteiger partial charge >= 0.3 is 0 Å². The maximum Gasteiger partial charge on any atom is 0.0692 e. The van der Waals surface area contributed by atoms with E-state index in [1.807, 2.05) is 6.07 Å². The van der Waals surface area contributed by atoms with Crippen molar-refractivity contribution in [1.82, 2.24) is 0 Å². The van der Waals surface area contributed by atoms with E-state index in [9.17, 15) is 5.11 Å². The third-order valence-corrected chi connectivity index (χ3v) is 4.72. The summed E-state index contributed by atoms with van der Waals surface area (Å²) in [6.07, 6.45) is 8.08. The van der Waals surface area contributed by atoms with Gasteiger partial charge in [0.1, 0.15) is 0 Å². The van der Waals surface area contributed by atoms with Crippen molar-refractivity contribution in [3.63, 3.8) is 0 Å². The molecule has 0 spiro atoms. The lowest BCUT2D eigenvalue weighted by molar-refractivity contribution is 0.281. The molecule has 0 atom stereocenters. The topological polar surface area (TPSA) is 23.5 Å². The second kappa shape index (κ2) is 6.58. The molecule has 0 saturated heterocycles. The van der Waals surface area contributed by atoms with E-state index >= 15 is 0 Å². The van der Waals surface area contributed by atoms with E-state index in [1.165, 1.54) is 44.2 Å². The molecular weight excluding hydrogens is 290 g/mol. The molecule has 1 aliphatic rings. The summed E-state index contributed by atoms with van der Waals surface area (Å²) in [6, 6.07) is 6.91. The largest absolute Gasteiger partial charge is 0.392 e. The molecule has 1 saturated carbocycles. The lowest BCUT2D eigenvalue weighted by Crippen LogP contribution is -2.31. The first-order chi connectivity index (χ1) is 8.72. The summed E-state index contributed by atoms with van der Waals surface area (Å²) in [5.41, 5.74) is 2.19. The number of hydrogen-bond acceptors (Lipinski definition) is 2. The monoisotopic (exact) mass is 311 g/mol. The van der Waals surface area contributed by atoms with Gasteiger partial charge in [0, 0.05) is 23.2 Å². The summed E-state index contributed by atoms with van der Waals surface area (Å²) in [6.45, 7) is 0.0913. The van der Waals surface area contributed by atoms with Gasteiger partial charge in [-0.3, -0.25) is 0 Å². The molecule has 0 amide bonds. The van der Waals surface area contributed by atoms with Crippen LogP contribution in [0.15, 0.2) is 22.7 Å². The summed E-state index contributed by atoms with van der Waals surface area (Å²) >= 11 is 3.53. The fourth-order valence-corrected chi connectivity index (χ4v) is 3.23. The fraction of sp³-hybridized carbons (Fsp3) is 0.600. The standard InChI is InChI=1S/C15H22BrNO/c1-17(13-6-4-2-3-5-7-13)14-9-8-12(11-18)15(16)10-14/h8-10,13,18H,2-7,11H2,1H3. The van der Waals surface area contributed by atoms with Crippen molar-refractivity contribution in [2.45, 2.75) is 51.2 Å². The maximum atomic E-state index is 9.19. The molecule has 1 N–H and O–H groups in total. The van der Waals surface area contributed by atoms with Crippen LogP contribution in [0.1, 0.15) is 44.1 Å². The predicted molar refractivity (Wildman–Crippen MR) is 80.0 cm³/mol. The summed E-state index contributed by atoms with van der Waals surface area (Å²) < 4.78 is 1.00. The molecule has 2 rings (SSSR count). The second-order valence-electron chi connectivity index (χ2n) is 5.19. The number of benzene rings is 1. The van der Waals surface area contributed by atoms with Gasteiger partial charge < -0.3 is 10.0 Å². The number of nitrogens with zero attached hydrogens (tertiary/aromatic N) is 1. The third-order valence-electron chi connectivity index (χ3n) is 3.99. The average molecular weight is 312 g/mol. The van der Waals surface area contributed by atoms with Gasteiger partial charge in [-0.25, -0.2) is 0 Å². The highest BCUT2D eigenvalue weighted by atomic mass is 79.9. The smallest absolute Gasteiger partial charge is 0.0692 e. The molecule has 2 nitrogen and oxygen atoms in total. The first-order valence-electron chi connectivity index (χ1n) is 6.84. The van der Waals surface area contributed by atoms with E-state index in [1.54, 1.807) is 0 Å². The molecule has 1 aromatic carbocycles. The van der Waals surface area contributed by atoms with E-state index in [0.29, 0.717) is 6.04 Å². The Labute approximate surface area is 118 Å². The SMILES string of the molecule is CN(c1ccc(CO)c(Br)c1)C1CCCCCC1. The Morgan fingerprint density at radius 3 is 2.44 bits per heavy atom. The number of anilines is 1. The minimum absolute atomic E-state index is 0.0913. The molecule has 0 aromatic heterocycles. The van der Waals surface area contributed by atoms with Crippen LogP contribution in [0.3, 0.4) is 0 Å². The molecule has 0 bridgehead atoms. The van der Waals surface area contributed by atoms with Crippen LogP contribution in [-0.4, -0.2) is 18.2 Å². The van der Waals surface area contributed by atoms with Gasteiger partial charge in [0.15, 0.2) is 0 Å². The van der Waals surface area contributed by atoms with E-state index in [0.717, 1.165) is 10.0 Å². The van der Waals surface area contributed by atoms with Crippen molar-refractivity contribution in [2.24, 2.45) is 0 Å². The lowest BCUT2D eigenvalue weighted by Gasteiger charge is -2.29. The Morgan fingerprint density at radius 2 is 1.89 bits per heavy atom. The molecule has 3 heteroatoms. The Morgan fingerprint density at radius 1 is 1.22 bits per heavy atom. The number of aliphatic hydroxyl groups excluding tert-OH is 1. The van der Waals surface area contributed by atoms with Gasteiger partial charge in [-0.1, -0.05) is 47.7 Å². The van der Waals surface area contributed by atoms with E-state index in [2.05, 4.69) is 40.0 Å². The van der Waals surface area contributed by atoms with Gasteiger partial charge in [-0.15, -0.1) is 0 Å². The van der Waals surface area contributed by atoms with Gasteiger partial charge in [0.25, 0.3) is 0 Å². The summed E-state index contributed by atoms with van der Waals surface area (Å²) in [4.78, 5) is 2.40. The number of halogens is 1. The van der Waals surface area contributed by atoms with E-state index in [-0.39, 0.29) is 6.61 Å². The molecule has 100 valence electrons. The van der Waals surface area contributed by atoms with Gasteiger partial charge in [0.05, 0.1) is 6.61 Å². The van der Waals surface area contributed by atoms with Crippen LogP contribution >= 0.6 is 15.9 Å². The van der Waals surface area contributed by atoms with Crippen molar-refractivity contribution in [2.75, 3.05) is 11.9 Å². The Kier molecular flexibility index (Phi) is 5.07. The molecule has 1 aliphatic carbocycles. The quantitative estimate of drug-likeness (QED) is 0.849. The Hall–Kier alpha value is -0.540. The van der Waals surface area contributed by atoms with Crippen molar-refractivity contribution in [3.05, 3.63) is 28.2 Å². The average Bonchev–Trinajstić information content (AvgIpc) is 2.66. The van der Waals surface area contributed by atoms with Crippen LogP contribution in [0.2, 0.25) is 0 Å². The molecular formula is C15H22BrNO. The predicted octanol–water partition coefficient (Wildman–Crippen LogP) is 4.10. The van der Waals surface area contributed by atoms with Crippen molar-refractivity contribution in [3.8, 4) is 0 Å². The van der Waals surface area contributed by atoms with Crippen molar-refractivity contribution < 1.29 is 5.11 Å². The molecule has 0 radical (unpaired) electrons. The molecule has 1 fully saturated rings. The van der Waals surface area contributed by atoms with Gasteiger partial charge in [0.2, 0.25) is 0 Å². The van der Waals surface area contributed by atoms with Crippen LogP contribution in [0.5, 0.6) is 0 Å². The van der Waals surface area contributed by atoms with E-state index in [4.69, 9.17) is 0 Å². The summed E-state index contributed by atoms with van der Waals surface area (Å²) in [7, 11) is 2.19. The van der Waals surface area contributed by atoms with Gasteiger partial charge in [-0.2, -0.15) is 0 Å². The summed E-state index contributed by atoms with van der Waals surface area (Å²) in [5.74, 6) is 0. The highest BCUT2D eigenvalue weighted by molar-refractivity contribution is 9.10. The van der Waals surface area contributed by atoms with Crippen LogP contribution in [-0.2, 0) is 6.61 Å². The van der Waals surface area contributed by atoms with Crippen LogP contribution < -0.4 is 4.90 Å². The van der Waals surface area contributed by atoms with Crippen molar-refractivity contribution >= 4 is 21.6 Å². The molecule has 0 unspecified atom stereocenters. The second-order valence-corrected chi connectivity index (χ2v) is 6.04. The molecule has 0 aliphatic heterocycles. The van der Waals surface area contributed by atoms with E-state index < -0.39 is 0 Å². The Bertz CT molecular complexity index is 386. The van der Waals surface area contributed by atoms with Crippen LogP contribution in [0.4, 0.5) is 5.69 Å². The van der Waals surface area contributed by atoms with Crippen LogP contribution in [0, 0.1) is 0 Å². The molecule has 0 heterocycles.